The predicted molar refractivity (Wildman–Crippen MR) is 284 cm³/mol. The molecule has 13 aromatic rings. The quantitative estimate of drug-likeness (QED) is 0.117. The Morgan fingerprint density at radius 3 is 1.60 bits per heavy atom. The van der Waals surface area contributed by atoms with Crippen molar-refractivity contribution in [2.45, 2.75) is 24.8 Å². The summed E-state index contributed by atoms with van der Waals surface area (Å²) >= 11 is 0. The van der Waals surface area contributed by atoms with Crippen LogP contribution in [0, 0.1) is 0 Å². The van der Waals surface area contributed by atoms with Crippen LogP contribution in [0.1, 0.15) is 30.6 Å². The van der Waals surface area contributed by atoms with Crippen LogP contribution in [0.15, 0.2) is 218 Å². The van der Waals surface area contributed by atoms with Crippen LogP contribution >= 0.6 is 0 Å². The van der Waals surface area contributed by atoms with Crippen LogP contribution in [0.25, 0.3) is 117 Å². The molecule has 4 heterocycles. The Hall–Kier alpha value is -9.14. The second-order valence-corrected chi connectivity index (χ2v) is 18.2. The van der Waals surface area contributed by atoms with Crippen molar-refractivity contribution >= 4 is 65.2 Å². The van der Waals surface area contributed by atoms with Crippen molar-refractivity contribution in [1.82, 2.24) is 39.0 Å². The number of para-hydroxylation sites is 2. The van der Waals surface area contributed by atoms with E-state index in [1.54, 1.807) is 0 Å². The molecule has 1 aliphatic rings. The number of benzene rings is 9. The smallest absolute Gasteiger partial charge is 0.238 e. The molecule has 0 saturated heterocycles. The number of aromatic nitrogens is 8. The van der Waals surface area contributed by atoms with E-state index in [0.717, 1.165) is 84.5 Å². The van der Waals surface area contributed by atoms with Gasteiger partial charge in [-0.3, -0.25) is 4.57 Å². The van der Waals surface area contributed by atoms with Gasteiger partial charge in [0, 0.05) is 55.2 Å². The van der Waals surface area contributed by atoms with E-state index in [9.17, 15) is 0 Å². The molecule has 0 radical (unpaired) electrons. The summed E-state index contributed by atoms with van der Waals surface area (Å²) in [6.07, 6.45) is 6.30. The van der Waals surface area contributed by atoms with E-state index >= 15 is 0 Å². The average molecular weight is 899 g/mol. The van der Waals surface area contributed by atoms with Crippen LogP contribution in [0.2, 0.25) is 0 Å². The van der Waals surface area contributed by atoms with Crippen LogP contribution in [0.3, 0.4) is 0 Å². The van der Waals surface area contributed by atoms with Gasteiger partial charge in [-0.2, -0.15) is 9.97 Å². The van der Waals surface area contributed by atoms with E-state index in [4.69, 9.17) is 29.9 Å². The van der Waals surface area contributed by atoms with Gasteiger partial charge in [0.25, 0.3) is 0 Å². The molecule has 8 nitrogen and oxygen atoms in total. The Kier molecular flexibility index (Phi) is 9.30. The summed E-state index contributed by atoms with van der Waals surface area (Å²) in [5.41, 5.74) is 8.15. The minimum atomic E-state index is -0.0327. The lowest BCUT2D eigenvalue weighted by Crippen LogP contribution is -2.17. The number of fused-ring (bicyclic) bond motifs is 10. The Labute approximate surface area is 403 Å². The van der Waals surface area contributed by atoms with Crippen LogP contribution < -0.4 is 0 Å². The van der Waals surface area contributed by atoms with Gasteiger partial charge in [-0.1, -0.05) is 206 Å². The lowest BCUT2D eigenvalue weighted by atomic mass is 9.89. The second-order valence-electron chi connectivity index (χ2n) is 18.2. The standard InChI is InChI=1S/C62H42N8/c1-4-19-40(20-5-1)57-63-58(41-21-6-2-7-22-41)65-60(64-57)43-25-16-26-44(38-43)69-53-32-14-12-28-48(53)50-36-37-51-49-29-13-15-33-54(49)70(56(51)55(50)69)62-67-59(42-23-8-3-9-24-42)66-61(68-62)52-31-17-30-46-45-27-11-10-18-39(45)34-35-47(46)52/h1-24,26-37,43-44H,25,38H2. The maximum atomic E-state index is 5.52. The van der Waals surface area contributed by atoms with E-state index in [1.165, 1.54) is 21.5 Å². The Morgan fingerprint density at radius 1 is 0.371 bits per heavy atom. The topological polar surface area (TPSA) is 87.2 Å². The molecular weight excluding hydrogens is 857 g/mol. The van der Waals surface area contributed by atoms with Crippen LogP contribution in [-0.4, -0.2) is 39.0 Å². The lowest BCUT2D eigenvalue weighted by Gasteiger charge is -2.27. The van der Waals surface area contributed by atoms with Gasteiger partial charge in [0.05, 0.1) is 22.6 Å². The van der Waals surface area contributed by atoms with Gasteiger partial charge in [0.1, 0.15) is 5.82 Å². The second kappa shape index (κ2) is 16.3. The SMILES string of the molecule is C1=CC(n2c3ccccc3c3ccc4c5ccccc5n(-c5nc(-c6ccccc6)nc(-c6cccc7c6ccc6ccccc67)n5)c4c32)CC(c2nc(-c3ccccc3)nc(-c3ccccc3)n2)C1. The molecule has 0 fully saturated rings. The first-order valence-electron chi connectivity index (χ1n) is 23.9. The number of hydrogen-bond donors (Lipinski definition) is 0. The number of nitrogens with zero attached hydrogens (tertiary/aromatic N) is 8. The Balaban J connectivity index is 1.00. The molecule has 70 heavy (non-hydrogen) atoms. The first-order valence-corrected chi connectivity index (χ1v) is 23.9. The molecule has 0 aliphatic heterocycles. The molecular formula is C62H42N8. The van der Waals surface area contributed by atoms with Crippen LogP contribution in [-0.2, 0) is 0 Å². The van der Waals surface area contributed by atoms with Gasteiger partial charge in [0.2, 0.25) is 5.95 Å². The normalized spacial score (nSPS) is 15.0. The molecule has 2 unspecified atom stereocenters. The third kappa shape index (κ3) is 6.52. The van der Waals surface area contributed by atoms with Crippen molar-refractivity contribution in [3.63, 3.8) is 0 Å². The third-order valence-electron chi connectivity index (χ3n) is 14.1. The fraction of sp³-hybridized carbons (Fsp3) is 0.0645. The summed E-state index contributed by atoms with van der Waals surface area (Å²) in [5.74, 6) is 3.97. The molecule has 0 spiro atoms. The highest BCUT2D eigenvalue weighted by Crippen LogP contribution is 2.45. The number of allylic oxidation sites excluding steroid dienone is 2. The van der Waals surface area contributed by atoms with Gasteiger partial charge in [-0.05, 0) is 46.5 Å². The number of rotatable bonds is 7. The average Bonchev–Trinajstić information content (AvgIpc) is 3.97. The minimum Gasteiger partial charge on any atom is -0.332 e. The first-order chi connectivity index (χ1) is 34.7. The zero-order valence-corrected chi connectivity index (χ0v) is 37.9. The lowest BCUT2D eigenvalue weighted by molar-refractivity contribution is 0.472. The van der Waals surface area contributed by atoms with Crippen LogP contribution in [0.5, 0.6) is 0 Å². The molecule has 0 saturated carbocycles. The zero-order valence-electron chi connectivity index (χ0n) is 37.9. The summed E-state index contributed by atoms with van der Waals surface area (Å²) in [5, 5.41) is 9.24. The fourth-order valence-corrected chi connectivity index (χ4v) is 10.9. The molecule has 9 aromatic carbocycles. The highest BCUT2D eigenvalue weighted by molar-refractivity contribution is 6.23. The first kappa shape index (κ1) is 40.0. The van der Waals surface area contributed by atoms with E-state index in [1.807, 2.05) is 54.6 Å². The van der Waals surface area contributed by atoms with Gasteiger partial charge < -0.3 is 4.57 Å². The highest BCUT2D eigenvalue weighted by Gasteiger charge is 2.30. The summed E-state index contributed by atoms with van der Waals surface area (Å²) in [7, 11) is 0. The van der Waals surface area contributed by atoms with Gasteiger partial charge in [-0.25, -0.2) is 19.9 Å². The van der Waals surface area contributed by atoms with Crippen molar-refractivity contribution in [2.24, 2.45) is 0 Å². The van der Waals surface area contributed by atoms with Crippen molar-refractivity contribution in [3.8, 4) is 51.5 Å². The molecule has 0 amide bonds. The minimum absolute atomic E-state index is 0.0292. The molecule has 0 N–H and O–H groups in total. The van der Waals surface area contributed by atoms with Crippen molar-refractivity contribution < 1.29 is 0 Å². The van der Waals surface area contributed by atoms with E-state index in [2.05, 4.69) is 173 Å². The molecule has 2 atom stereocenters. The maximum Gasteiger partial charge on any atom is 0.238 e. The van der Waals surface area contributed by atoms with Crippen molar-refractivity contribution in [3.05, 3.63) is 224 Å². The summed E-state index contributed by atoms with van der Waals surface area (Å²) in [4.78, 5) is 31.7. The third-order valence-corrected chi connectivity index (χ3v) is 14.1. The predicted octanol–water partition coefficient (Wildman–Crippen LogP) is 14.9. The van der Waals surface area contributed by atoms with Gasteiger partial charge in [-0.15, -0.1) is 0 Å². The largest absolute Gasteiger partial charge is 0.332 e. The number of hydrogen-bond acceptors (Lipinski definition) is 6. The molecule has 1 aliphatic carbocycles. The van der Waals surface area contributed by atoms with Crippen molar-refractivity contribution in [2.75, 3.05) is 0 Å². The van der Waals surface area contributed by atoms with E-state index in [-0.39, 0.29) is 12.0 Å². The van der Waals surface area contributed by atoms with Gasteiger partial charge >= 0.3 is 0 Å². The van der Waals surface area contributed by atoms with Gasteiger partial charge in [0.15, 0.2) is 23.3 Å². The monoisotopic (exact) mass is 898 g/mol. The van der Waals surface area contributed by atoms with Crippen LogP contribution in [0.4, 0.5) is 0 Å². The molecule has 0 bridgehead atoms. The van der Waals surface area contributed by atoms with E-state index < -0.39 is 0 Å². The summed E-state index contributed by atoms with van der Waals surface area (Å²) < 4.78 is 4.84. The molecule has 330 valence electrons. The highest BCUT2D eigenvalue weighted by atomic mass is 15.2. The fourth-order valence-electron chi connectivity index (χ4n) is 10.9. The zero-order chi connectivity index (χ0) is 46.1. The Bertz CT molecular complexity index is 4140. The summed E-state index contributed by atoms with van der Waals surface area (Å²) in [6, 6.07) is 72.1. The van der Waals surface area contributed by atoms with E-state index in [0.29, 0.717) is 29.2 Å². The van der Waals surface area contributed by atoms with Crippen molar-refractivity contribution in [1.29, 1.82) is 0 Å². The summed E-state index contributed by atoms with van der Waals surface area (Å²) in [6.45, 7) is 0. The molecule has 14 rings (SSSR count). The maximum absolute atomic E-state index is 5.52. The Morgan fingerprint density at radius 2 is 0.900 bits per heavy atom. The molecule has 8 heteroatoms. The molecule has 4 aromatic heterocycles.